The van der Waals surface area contributed by atoms with E-state index in [1.807, 2.05) is 0 Å². The van der Waals surface area contributed by atoms with Crippen LogP contribution in [0.2, 0.25) is 0 Å². The Kier molecular flexibility index (Phi) is 3.40. The maximum atomic E-state index is 13.4. The normalized spacial score (nSPS) is 9.93. The van der Waals surface area contributed by atoms with E-state index in [1.54, 1.807) is 18.3 Å². The van der Waals surface area contributed by atoms with Crippen molar-refractivity contribution in [2.45, 2.75) is 0 Å². The number of benzene rings is 1. The van der Waals surface area contributed by atoms with Crippen LogP contribution in [-0.4, -0.2) is 41.0 Å². The first-order valence-electron chi connectivity index (χ1n) is 3.82. The first kappa shape index (κ1) is 11.3. The predicted molar refractivity (Wildman–Crippen MR) is 53.8 cm³/mol. The third-order valence-corrected chi connectivity index (χ3v) is 1.97. The van der Waals surface area contributed by atoms with E-state index in [0.717, 1.165) is 0 Å². The van der Waals surface area contributed by atoms with Gasteiger partial charge < -0.3 is 15.0 Å². The number of nitrogens with one attached hydrogen (secondary N) is 1. The Labute approximate surface area is 92.3 Å². The monoisotopic (exact) mass is 186 g/mol. The maximum Gasteiger partial charge on any atom is 0.491 e. The molecule has 0 fully saturated rings. The minimum atomic E-state index is -1.77. The second kappa shape index (κ2) is 4.20. The molecule has 0 saturated carbocycles. The average Bonchev–Trinajstić information content (AvgIpc) is 2.52. The fourth-order valence-corrected chi connectivity index (χ4v) is 1.31. The van der Waals surface area contributed by atoms with Gasteiger partial charge in [-0.25, -0.2) is 4.39 Å². The number of fused-ring (bicyclic) bond motifs is 1. The maximum absolute atomic E-state index is 13.4. The van der Waals surface area contributed by atoms with Gasteiger partial charge in [-0.1, -0.05) is 12.1 Å². The van der Waals surface area contributed by atoms with Crippen molar-refractivity contribution in [3.05, 3.63) is 30.2 Å². The molecule has 6 heteroatoms. The number of aromatic amines is 1. The summed E-state index contributed by atoms with van der Waals surface area (Å²) < 4.78 is 13.4. The number of aromatic nitrogens is 1. The molecule has 0 aliphatic rings. The number of rotatable bonds is 1. The van der Waals surface area contributed by atoms with Crippen molar-refractivity contribution in [2.24, 2.45) is 0 Å². The van der Waals surface area contributed by atoms with Gasteiger partial charge in [0, 0.05) is 35.9 Å². The largest absolute Gasteiger partial charge is 0.491 e. The van der Waals surface area contributed by atoms with Crippen LogP contribution in [-0.2, 0) is 0 Å². The first-order chi connectivity index (χ1) is 6.20. The third kappa shape index (κ3) is 1.72. The zero-order valence-electron chi connectivity index (χ0n) is 7.66. The Morgan fingerprint density at radius 3 is 2.57 bits per heavy atom. The Morgan fingerprint density at radius 2 is 1.93 bits per heavy atom. The predicted octanol–water partition coefficient (Wildman–Crippen LogP) is -0.394. The second-order valence-electron chi connectivity index (χ2n) is 2.78. The summed E-state index contributed by atoms with van der Waals surface area (Å²) in [5.74, 6) is -0.613. The van der Waals surface area contributed by atoms with Crippen LogP contribution in [0.4, 0.5) is 4.39 Å². The Balaban J connectivity index is 0.000000980. The second-order valence-corrected chi connectivity index (χ2v) is 2.78. The topological polar surface area (TPSA) is 56.2 Å². The van der Waals surface area contributed by atoms with E-state index in [0.29, 0.717) is 10.9 Å². The van der Waals surface area contributed by atoms with E-state index in [9.17, 15) is 4.39 Å². The molecule has 1 aromatic carbocycles. The van der Waals surface area contributed by atoms with Crippen molar-refractivity contribution < 1.29 is 14.4 Å². The van der Waals surface area contributed by atoms with Gasteiger partial charge in [0.15, 0.2) is 0 Å². The summed E-state index contributed by atoms with van der Waals surface area (Å²) in [4.78, 5) is 2.69. The van der Waals surface area contributed by atoms with Crippen LogP contribution in [0.15, 0.2) is 24.4 Å². The summed E-state index contributed by atoms with van der Waals surface area (Å²) in [5.41, 5.74) is 0.181. The van der Waals surface area contributed by atoms with E-state index in [4.69, 9.17) is 10.0 Å². The SMILES string of the molecule is OB(O)c1ccc2cc[nH]c2c1F.[Li]. The first-order valence-corrected chi connectivity index (χ1v) is 3.82. The summed E-state index contributed by atoms with van der Waals surface area (Å²) in [5, 5.41) is 18.3. The van der Waals surface area contributed by atoms with Gasteiger partial charge in [0.25, 0.3) is 0 Å². The van der Waals surface area contributed by atoms with Crippen LogP contribution in [0.3, 0.4) is 0 Å². The van der Waals surface area contributed by atoms with E-state index in [2.05, 4.69) is 4.98 Å². The van der Waals surface area contributed by atoms with Gasteiger partial charge in [0.05, 0.1) is 5.52 Å². The van der Waals surface area contributed by atoms with E-state index >= 15 is 0 Å². The molecular weight excluding hydrogens is 179 g/mol. The molecule has 0 unspecified atom stereocenters. The Bertz CT molecular complexity index is 446. The minimum Gasteiger partial charge on any atom is -0.423 e. The fourth-order valence-electron chi connectivity index (χ4n) is 1.31. The molecule has 67 valence electrons. The fraction of sp³-hybridized carbons (Fsp3) is 0. The van der Waals surface area contributed by atoms with Gasteiger partial charge in [0.1, 0.15) is 5.82 Å². The van der Waals surface area contributed by atoms with Gasteiger partial charge >= 0.3 is 7.12 Å². The number of hydrogen-bond acceptors (Lipinski definition) is 2. The zero-order chi connectivity index (χ0) is 9.42. The Morgan fingerprint density at radius 1 is 1.21 bits per heavy atom. The van der Waals surface area contributed by atoms with Crippen LogP contribution in [0, 0.1) is 5.82 Å². The standard InChI is InChI=1S/C8H7BFNO2.Li/c10-7-6(9(12)13)2-1-5-3-4-11-8(5)7;/h1-4,11-13H;. The van der Waals surface area contributed by atoms with Crippen LogP contribution in [0.5, 0.6) is 0 Å². The molecule has 3 N–H and O–H groups in total. The molecular formula is C8H7BFLiNO2. The molecule has 0 bridgehead atoms. The summed E-state index contributed by atoms with van der Waals surface area (Å²) in [6.07, 6.45) is 1.60. The molecule has 0 saturated heterocycles. The van der Waals surface area contributed by atoms with Crippen molar-refractivity contribution in [2.75, 3.05) is 0 Å². The summed E-state index contributed by atoms with van der Waals surface area (Å²) in [6, 6.07) is 4.70. The van der Waals surface area contributed by atoms with E-state index in [-0.39, 0.29) is 24.3 Å². The molecule has 3 nitrogen and oxygen atoms in total. The molecule has 0 amide bonds. The molecule has 1 heterocycles. The molecule has 0 aliphatic carbocycles. The quantitative estimate of drug-likeness (QED) is 0.531. The smallest absolute Gasteiger partial charge is 0.423 e. The number of H-pyrrole nitrogens is 1. The van der Waals surface area contributed by atoms with Crippen molar-refractivity contribution in [1.82, 2.24) is 4.98 Å². The molecule has 14 heavy (non-hydrogen) atoms. The van der Waals surface area contributed by atoms with Gasteiger partial charge in [0.2, 0.25) is 0 Å². The Hall–Kier alpha value is -0.728. The summed E-state index contributed by atoms with van der Waals surface area (Å²) in [6.45, 7) is 0. The minimum absolute atomic E-state index is 0. The summed E-state index contributed by atoms with van der Waals surface area (Å²) in [7, 11) is -1.77. The molecule has 0 spiro atoms. The van der Waals surface area contributed by atoms with Crippen LogP contribution < -0.4 is 5.46 Å². The molecule has 2 aromatic rings. The molecule has 0 atom stereocenters. The molecule has 1 radical (unpaired) electrons. The van der Waals surface area contributed by atoms with Crippen molar-refractivity contribution in [3.63, 3.8) is 0 Å². The van der Waals surface area contributed by atoms with Gasteiger partial charge in [-0.15, -0.1) is 0 Å². The van der Waals surface area contributed by atoms with Crippen molar-refractivity contribution in [1.29, 1.82) is 0 Å². The summed E-state index contributed by atoms with van der Waals surface area (Å²) >= 11 is 0. The zero-order valence-corrected chi connectivity index (χ0v) is 7.66. The molecule has 2 rings (SSSR count). The number of hydrogen-bond donors (Lipinski definition) is 3. The van der Waals surface area contributed by atoms with Gasteiger partial charge in [-0.3, -0.25) is 0 Å². The van der Waals surface area contributed by atoms with Gasteiger partial charge in [-0.05, 0) is 6.07 Å². The average molecular weight is 186 g/mol. The molecule has 0 aliphatic heterocycles. The molecule has 1 aromatic heterocycles. The van der Waals surface area contributed by atoms with Crippen LogP contribution in [0.1, 0.15) is 0 Å². The van der Waals surface area contributed by atoms with Crippen molar-refractivity contribution >= 4 is 42.3 Å². The number of halogens is 1. The third-order valence-electron chi connectivity index (χ3n) is 1.97. The van der Waals surface area contributed by atoms with E-state index in [1.165, 1.54) is 6.07 Å². The van der Waals surface area contributed by atoms with Crippen LogP contribution in [0.25, 0.3) is 10.9 Å². The van der Waals surface area contributed by atoms with E-state index < -0.39 is 12.9 Å². The van der Waals surface area contributed by atoms with Crippen molar-refractivity contribution in [3.8, 4) is 0 Å². The van der Waals surface area contributed by atoms with Crippen LogP contribution >= 0.6 is 0 Å². The van der Waals surface area contributed by atoms with Gasteiger partial charge in [-0.2, -0.15) is 0 Å².